The van der Waals surface area contributed by atoms with Gasteiger partial charge in [-0.05, 0) is 18.1 Å². The lowest BCUT2D eigenvalue weighted by atomic mass is 10.2. The highest BCUT2D eigenvalue weighted by atomic mass is 32.2. The predicted molar refractivity (Wildman–Crippen MR) is 65.2 cm³/mol. The molecule has 1 fully saturated rings. The van der Waals surface area contributed by atoms with Crippen molar-refractivity contribution in [3.63, 3.8) is 0 Å². The lowest BCUT2D eigenvalue weighted by molar-refractivity contribution is 0.624. The highest BCUT2D eigenvalue weighted by molar-refractivity contribution is 7.99. The minimum atomic E-state index is 0.148. The van der Waals surface area contributed by atoms with Crippen molar-refractivity contribution in [1.82, 2.24) is 20.2 Å². The molecule has 0 saturated heterocycles. The number of tetrazole rings is 1. The van der Waals surface area contributed by atoms with Crippen LogP contribution >= 0.6 is 11.8 Å². The summed E-state index contributed by atoms with van der Waals surface area (Å²) in [7, 11) is 1.77. The van der Waals surface area contributed by atoms with Gasteiger partial charge in [0.2, 0.25) is 0 Å². The molecule has 1 aliphatic carbocycles. The van der Waals surface area contributed by atoms with E-state index in [9.17, 15) is 0 Å². The number of nitrogens with two attached hydrogens (primary N) is 1. The van der Waals surface area contributed by atoms with E-state index in [1.165, 1.54) is 30.5 Å². The molecule has 1 saturated carbocycles. The molecular formula is C10H19N5S. The van der Waals surface area contributed by atoms with Crippen molar-refractivity contribution in [3.05, 3.63) is 5.82 Å². The van der Waals surface area contributed by atoms with Crippen LogP contribution in [-0.2, 0) is 13.5 Å². The lowest BCUT2D eigenvalue weighted by Crippen LogP contribution is -2.27. The summed E-state index contributed by atoms with van der Waals surface area (Å²) < 4.78 is 0. The van der Waals surface area contributed by atoms with Crippen LogP contribution in [-0.4, -0.2) is 37.3 Å². The van der Waals surface area contributed by atoms with Crippen molar-refractivity contribution in [1.29, 1.82) is 0 Å². The van der Waals surface area contributed by atoms with Crippen LogP contribution < -0.4 is 5.73 Å². The van der Waals surface area contributed by atoms with Crippen LogP contribution in [0.2, 0.25) is 0 Å². The summed E-state index contributed by atoms with van der Waals surface area (Å²) >= 11 is 2.01. The van der Waals surface area contributed by atoms with Crippen LogP contribution in [0.3, 0.4) is 0 Å². The second-order valence-electron chi connectivity index (χ2n) is 4.40. The summed E-state index contributed by atoms with van der Waals surface area (Å²) in [6.45, 7) is 0. The molecule has 2 N–H and O–H groups in total. The smallest absolute Gasteiger partial charge is 0.176 e. The first-order valence-electron chi connectivity index (χ1n) is 5.84. The molecule has 1 aliphatic rings. The maximum atomic E-state index is 6.06. The van der Waals surface area contributed by atoms with Crippen molar-refractivity contribution in [2.24, 2.45) is 12.8 Å². The van der Waals surface area contributed by atoms with E-state index in [-0.39, 0.29) is 6.04 Å². The van der Waals surface area contributed by atoms with E-state index in [1.807, 2.05) is 11.8 Å². The van der Waals surface area contributed by atoms with Crippen LogP contribution in [0.1, 0.15) is 31.5 Å². The van der Waals surface area contributed by atoms with Gasteiger partial charge in [0.15, 0.2) is 5.82 Å². The predicted octanol–water partition coefficient (Wildman–Crippen LogP) is 0.756. The number of nitrogens with zero attached hydrogens (tertiary/aromatic N) is 4. The Balaban J connectivity index is 1.69. The van der Waals surface area contributed by atoms with Gasteiger partial charge in [0, 0.05) is 23.5 Å². The van der Waals surface area contributed by atoms with Gasteiger partial charge in [0.05, 0.1) is 7.05 Å². The van der Waals surface area contributed by atoms with Crippen LogP contribution in [0, 0.1) is 0 Å². The molecule has 0 aromatic carbocycles. The fourth-order valence-corrected chi connectivity index (χ4v) is 3.32. The van der Waals surface area contributed by atoms with Crippen molar-refractivity contribution in [2.75, 3.05) is 5.75 Å². The quantitative estimate of drug-likeness (QED) is 0.824. The Morgan fingerprint density at radius 2 is 2.25 bits per heavy atom. The molecule has 90 valence electrons. The highest BCUT2D eigenvalue weighted by Crippen LogP contribution is 2.29. The van der Waals surface area contributed by atoms with Gasteiger partial charge in [-0.3, -0.25) is 0 Å². The average molecular weight is 241 g/mol. The van der Waals surface area contributed by atoms with Crippen LogP contribution in [0.5, 0.6) is 0 Å². The third-order valence-electron chi connectivity index (χ3n) is 2.84. The molecule has 1 aromatic heterocycles. The molecule has 0 radical (unpaired) electrons. The molecule has 6 heteroatoms. The Hall–Kier alpha value is -0.620. The van der Waals surface area contributed by atoms with E-state index >= 15 is 0 Å². The zero-order chi connectivity index (χ0) is 11.4. The number of rotatable bonds is 5. The van der Waals surface area contributed by atoms with Crippen LogP contribution in [0.25, 0.3) is 0 Å². The summed E-state index contributed by atoms with van der Waals surface area (Å²) in [5, 5.41) is 12.7. The fraction of sp³-hybridized carbons (Fsp3) is 0.900. The van der Waals surface area contributed by atoms with E-state index in [0.29, 0.717) is 0 Å². The first-order valence-corrected chi connectivity index (χ1v) is 6.89. The van der Waals surface area contributed by atoms with E-state index in [2.05, 4.69) is 15.4 Å². The lowest BCUT2D eigenvalue weighted by Gasteiger charge is -2.12. The van der Waals surface area contributed by atoms with E-state index in [4.69, 9.17) is 5.73 Å². The van der Waals surface area contributed by atoms with Crippen molar-refractivity contribution in [2.45, 2.75) is 43.4 Å². The van der Waals surface area contributed by atoms with Gasteiger partial charge < -0.3 is 5.73 Å². The Morgan fingerprint density at radius 1 is 1.50 bits per heavy atom. The van der Waals surface area contributed by atoms with Gasteiger partial charge in [0.25, 0.3) is 0 Å². The molecule has 5 nitrogen and oxygen atoms in total. The second-order valence-corrected chi connectivity index (χ2v) is 5.73. The Bertz CT molecular complexity index is 321. The van der Waals surface area contributed by atoms with Crippen molar-refractivity contribution >= 4 is 11.8 Å². The van der Waals surface area contributed by atoms with Gasteiger partial charge in [-0.2, -0.15) is 16.6 Å². The van der Waals surface area contributed by atoms with E-state index in [0.717, 1.165) is 23.2 Å². The standard InChI is InChI=1S/C10H19N5S/c1-15-13-10(12-14-15)6-8(11)7-16-9-4-2-3-5-9/h8-9H,2-7,11H2,1H3. The minimum absolute atomic E-state index is 0.148. The zero-order valence-electron chi connectivity index (χ0n) is 9.67. The van der Waals surface area contributed by atoms with E-state index < -0.39 is 0 Å². The largest absolute Gasteiger partial charge is 0.327 e. The van der Waals surface area contributed by atoms with E-state index in [1.54, 1.807) is 7.05 Å². The fourth-order valence-electron chi connectivity index (χ4n) is 2.01. The molecule has 1 unspecified atom stereocenters. The summed E-state index contributed by atoms with van der Waals surface area (Å²) in [5.74, 6) is 1.75. The molecule has 2 rings (SSSR count). The third-order valence-corrected chi connectivity index (χ3v) is 4.41. The maximum absolute atomic E-state index is 6.06. The first kappa shape index (κ1) is 11.9. The van der Waals surface area contributed by atoms with Gasteiger partial charge in [-0.15, -0.1) is 10.2 Å². The van der Waals surface area contributed by atoms with Crippen molar-refractivity contribution < 1.29 is 0 Å². The number of aryl methyl sites for hydroxylation is 1. The molecule has 0 amide bonds. The maximum Gasteiger partial charge on any atom is 0.176 e. The Kier molecular flexibility index (Phi) is 4.17. The van der Waals surface area contributed by atoms with Gasteiger partial charge >= 0.3 is 0 Å². The second kappa shape index (κ2) is 5.63. The number of aromatic nitrogens is 4. The molecule has 16 heavy (non-hydrogen) atoms. The Labute approximate surface area is 100 Å². The molecule has 1 heterocycles. The molecule has 1 atom stereocenters. The number of hydrogen-bond donors (Lipinski definition) is 1. The zero-order valence-corrected chi connectivity index (χ0v) is 10.5. The number of thioether (sulfide) groups is 1. The normalized spacial score (nSPS) is 19.1. The molecular weight excluding hydrogens is 222 g/mol. The third kappa shape index (κ3) is 3.45. The molecule has 0 spiro atoms. The highest BCUT2D eigenvalue weighted by Gasteiger charge is 2.17. The summed E-state index contributed by atoms with van der Waals surface area (Å²) in [4.78, 5) is 1.48. The SMILES string of the molecule is Cn1nnc(CC(N)CSC2CCCC2)n1. The van der Waals surface area contributed by atoms with Gasteiger partial charge in [-0.25, -0.2) is 0 Å². The summed E-state index contributed by atoms with van der Waals surface area (Å²) in [6, 6.07) is 0.148. The molecule has 0 bridgehead atoms. The average Bonchev–Trinajstić information content (AvgIpc) is 2.87. The first-order chi connectivity index (χ1) is 7.74. The van der Waals surface area contributed by atoms with Crippen LogP contribution in [0.4, 0.5) is 0 Å². The topological polar surface area (TPSA) is 69.6 Å². The Morgan fingerprint density at radius 3 is 2.88 bits per heavy atom. The van der Waals surface area contributed by atoms with Gasteiger partial charge in [-0.1, -0.05) is 12.8 Å². The monoisotopic (exact) mass is 241 g/mol. The summed E-state index contributed by atoms with van der Waals surface area (Å²) in [5.41, 5.74) is 6.06. The van der Waals surface area contributed by atoms with Gasteiger partial charge in [0.1, 0.15) is 0 Å². The minimum Gasteiger partial charge on any atom is -0.327 e. The van der Waals surface area contributed by atoms with Crippen molar-refractivity contribution in [3.8, 4) is 0 Å². The van der Waals surface area contributed by atoms with Crippen LogP contribution in [0.15, 0.2) is 0 Å². The molecule has 0 aliphatic heterocycles. The number of hydrogen-bond acceptors (Lipinski definition) is 5. The summed E-state index contributed by atoms with van der Waals surface area (Å²) in [6.07, 6.45) is 6.23. The molecule has 1 aromatic rings.